The molecule has 0 amide bonds. The minimum atomic E-state index is -0.602. The number of aryl methyl sites for hydroxylation is 1. The minimum absolute atomic E-state index is 0.188. The zero-order valence-corrected chi connectivity index (χ0v) is 10.7. The molecule has 0 radical (unpaired) electrons. The number of benzene rings is 1. The highest BCUT2D eigenvalue weighted by molar-refractivity contribution is 5.40. The summed E-state index contributed by atoms with van der Waals surface area (Å²) >= 11 is 0. The van der Waals surface area contributed by atoms with Crippen molar-refractivity contribution < 1.29 is 9.84 Å². The Morgan fingerprint density at radius 1 is 1.33 bits per heavy atom. The molecule has 0 heterocycles. The first kappa shape index (κ1) is 12.0. The lowest BCUT2D eigenvalue weighted by atomic mass is 10.0. The maximum Gasteiger partial charge on any atom is 0.119 e. The number of nitrogens with two attached hydrogens (primary N) is 1. The fraction of sp³-hybridized carbons (Fsp3) is 0.600. The zero-order chi connectivity index (χ0) is 12.6. The SMILES string of the molecule is NC1CCc2cc(OCC3(O)CCCC3)ccc21. The summed E-state index contributed by atoms with van der Waals surface area (Å²) in [5, 5.41) is 10.2. The second kappa shape index (κ2) is 4.56. The highest BCUT2D eigenvalue weighted by atomic mass is 16.5. The fourth-order valence-electron chi connectivity index (χ4n) is 3.11. The molecule has 1 unspecified atom stereocenters. The molecule has 0 spiro atoms. The van der Waals surface area contributed by atoms with E-state index in [9.17, 15) is 5.11 Å². The van der Waals surface area contributed by atoms with Crippen molar-refractivity contribution in [2.24, 2.45) is 5.73 Å². The average molecular weight is 247 g/mol. The Kier molecular flexibility index (Phi) is 3.04. The number of ether oxygens (including phenoxy) is 1. The number of fused-ring (bicyclic) bond motifs is 1. The maximum absolute atomic E-state index is 10.2. The molecular weight excluding hydrogens is 226 g/mol. The Balaban J connectivity index is 1.67. The molecular formula is C15H21NO2. The van der Waals surface area contributed by atoms with Crippen LogP contribution >= 0.6 is 0 Å². The first-order chi connectivity index (χ1) is 8.66. The van der Waals surface area contributed by atoms with Crippen LogP contribution in [0.3, 0.4) is 0 Å². The van der Waals surface area contributed by atoms with E-state index in [-0.39, 0.29) is 6.04 Å². The molecule has 3 nitrogen and oxygen atoms in total. The second-order valence-electron chi connectivity index (χ2n) is 5.73. The third kappa shape index (κ3) is 2.25. The van der Waals surface area contributed by atoms with E-state index in [1.807, 2.05) is 6.07 Å². The highest BCUT2D eigenvalue weighted by Gasteiger charge is 2.32. The van der Waals surface area contributed by atoms with Crippen molar-refractivity contribution in [3.8, 4) is 5.75 Å². The fourth-order valence-corrected chi connectivity index (χ4v) is 3.11. The van der Waals surface area contributed by atoms with Crippen LogP contribution in [0.15, 0.2) is 18.2 Å². The summed E-state index contributed by atoms with van der Waals surface area (Å²) < 4.78 is 5.76. The smallest absolute Gasteiger partial charge is 0.119 e. The molecule has 3 rings (SSSR count). The van der Waals surface area contributed by atoms with Gasteiger partial charge in [0.25, 0.3) is 0 Å². The third-order valence-electron chi connectivity index (χ3n) is 4.28. The molecule has 0 aromatic heterocycles. The quantitative estimate of drug-likeness (QED) is 0.861. The molecule has 2 aliphatic rings. The number of rotatable bonds is 3. The minimum Gasteiger partial charge on any atom is -0.491 e. The Labute approximate surface area is 108 Å². The van der Waals surface area contributed by atoms with Crippen LogP contribution in [-0.2, 0) is 6.42 Å². The summed E-state index contributed by atoms with van der Waals surface area (Å²) in [5.74, 6) is 0.864. The molecule has 0 bridgehead atoms. The van der Waals surface area contributed by atoms with E-state index in [0.29, 0.717) is 6.61 Å². The van der Waals surface area contributed by atoms with Crippen molar-refractivity contribution in [1.29, 1.82) is 0 Å². The van der Waals surface area contributed by atoms with Gasteiger partial charge in [-0.25, -0.2) is 0 Å². The number of aliphatic hydroxyl groups is 1. The van der Waals surface area contributed by atoms with Crippen LogP contribution in [0, 0.1) is 0 Å². The van der Waals surface area contributed by atoms with Gasteiger partial charge in [0.1, 0.15) is 12.4 Å². The van der Waals surface area contributed by atoms with Crippen LogP contribution in [0.25, 0.3) is 0 Å². The summed E-state index contributed by atoms with van der Waals surface area (Å²) in [6.45, 7) is 0.415. The maximum atomic E-state index is 10.2. The molecule has 1 atom stereocenters. The van der Waals surface area contributed by atoms with Gasteiger partial charge in [0.2, 0.25) is 0 Å². The van der Waals surface area contributed by atoms with Crippen molar-refractivity contribution >= 4 is 0 Å². The van der Waals surface area contributed by atoms with Gasteiger partial charge in [0, 0.05) is 6.04 Å². The lowest BCUT2D eigenvalue weighted by Gasteiger charge is -2.22. The zero-order valence-electron chi connectivity index (χ0n) is 10.7. The van der Waals surface area contributed by atoms with E-state index in [0.717, 1.165) is 44.3 Å². The summed E-state index contributed by atoms with van der Waals surface area (Å²) in [4.78, 5) is 0. The predicted octanol–water partition coefficient (Wildman–Crippen LogP) is 2.32. The number of hydrogen-bond donors (Lipinski definition) is 2. The number of hydrogen-bond acceptors (Lipinski definition) is 3. The summed E-state index contributed by atoms with van der Waals surface area (Å²) in [5.41, 5.74) is 7.96. The molecule has 98 valence electrons. The highest BCUT2D eigenvalue weighted by Crippen LogP contribution is 2.33. The Bertz CT molecular complexity index is 438. The van der Waals surface area contributed by atoms with E-state index >= 15 is 0 Å². The van der Waals surface area contributed by atoms with Gasteiger partial charge in [-0.15, -0.1) is 0 Å². The van der Waals surface area contributed by atoms with Gasteiger partial charge in [-0.3, -0.25) is 0 Å². The average Bonchev–Trinajstić information content (AvgIpc) is 2.95. The summed E-state index contributed by atoms with van der Waals surface area (Å²) in [7, 11) is 0. The van der Waals surface area contributed by atoms with Gasteiger partial charge < -0.3 is 15.6 Å². The largest absolute Gasteiger partial charge is 0.491 e. The van der Waals surface area contributed by atoms with Crippen LogP contribution in [-0.4, -0.2) is 17.3 Å². The first-order valence-electron chi connectivity index (χ1n) is 6.90. The lowest BCUT2D eigenvalue weighted by molar-refractivity contribution is 0.00139. The molecule has 1 aromatic carbocycles. The van der Waals surface area contributed by atoms with Crippen LogP contribution in [0.1, 0.15) is 49.3 Å². The van der Waals surface area contributed by atoms with E-state index in [1.54, 1.807) is 0 Å². The van der Waals surface area contributed by atoms with E-state index in [4.69, 9.17) is 10.5 Å². The molecule has 0 saturated heterocycles. The van der Waals surface area contributed by atoms with Crippen LogP contribution < -0.4 is 10.5 Å². The van der Waals surface area contributed by atoms with Crippen molar-refractivity contribution in [2.75, 3.05) is 6.61 Å². The molecule has 2 aliphatic carbocycles. The normalized spacial score (nSPS) is 25.1. The van der Waals surface area contributed by atoms with Crippen LogP contribution in [0.5, 0.6) is 5.75 Å². The molecule has 3 heteroatoms. The van der Waals surface area contributed by atoms with Gasteiger partial charge in [-0.05, 0) is 48.9 Å². The van der Waals surface area contributed by atoms with Crippen molar-refractivity contribution in [3.05, 3.63) is 29.3 Å². The van der Waals surface area contributed by atoms with Gasteiger partial charge in [-0.2, -0.15) is 0 Å². The Hall–Kier alpha value is -1.06. The molecule has 1 aromatic rings. The second-order valence-corrected chi connectivity index (χ2v) is 5.73. The first-order valence-corrected chi connectivity index (χ1v) is 6.90. The van der Waals surface area contributed by atoms with Crippen molar-refractivity contribution in [1.82, 2.24) is 0 Å². The van der Waals surface area contributed by atoms with Gasteiger partial charge in [0.15, 0.2) is 0 Å². The standard InChI is InChI=1S/C15H21NO2/c16-14-6-3-11-9-12(4-5-13(11)14)18-10-15(17)7-1-2-8-15/h4-5,9,14,17H,1-3,6-8,10,16H2. The van der Waals surface area contributed by atoms with Gasteiger partial charge in [-0.1, -0.05) is 18.9 Å². The van der Waals surface area contributed by atoms with E-state index < -0.39 is 5.60 Å². The Morgan fingerprint density at radius 3 is 2.89 bits per heavy atom. The molecule has 1 fully saturated rings. The third-order valence-corrected chi connectivity index (χ3v) is 4.28. The van der Waals surface area contributed by atoms with E-state index in [2.05, 4.69) is 12.1 Å². The molecule has 0 aliphatic heterocycles. The van der Waals surface area contributed by atoms with Gasteiger partial charge >= 0.3 is 0 Å². The van der Waals surface area contributed by atoms with Crippen LogP contribution in [0.2, 0.25) is 0 Å². The monoisotopic (exact) mass is 247 g/mol. The van der Waals surface area contributed by atoms with E-state index in [1.165, 1.54) is 11.1 Å². The van der Waals surface area contributed by atoms with Crippen molar-refractivity contribution in [2.45, 2.75) is 50.2 Å². The Morgan fingerprint density at radius 2 is 2.11 bits per heavy atom. The molecule has 18 heavy (non-hydrogen) atoms. The van der Waals surface area contributed by atoms with Gasteiger partial charge in [0.05, 0.1) is 5.60 Å². The van der Waals surface area contributed by atoms with Crippen LogP contribution in [0.4, 0.5) is 0 Å². The summed E-state index contributed by atoms with van der Waals surface area (Å²) in [6.07, 6.45) is 6.02. The topological polar surface area (TPSA) is 55.5 Å². The molecule has 1 saturated carbocycles. The van der Waals surface area contributed by atoms with Crippen molar-refractivity contribution in [3.63, 3.8) is 0 Å². The predicted molar refractivity (Wildman–Crippen MR) is 70.6 cm³/mol. The summed E-state index contributed by atoms with van der Waals surface area (Å²) in [6, 6.07) is 6.32. The lowest BCUT2D eigenvalue weighted by Crippen LogP contribution is -2.32. The molecule has 3 N–H and O–H groups in total.